The number of rotatable bonds is 2. The predicted octanol–water partition coefficient (Wildman–Crippen LogP) is 4.30. The summed E-state index contributed by atoms with van der Waals surface area (Å²) >= 11 is 0. The molecule has 2 aromatic rings. The summed E-state index contributed by atoms with van der Waals surface area (Å²) in [6.07, 6.45) is 0.785. The van der Waals surface area contributed by atoms with Crippen LogP contribution in [0.3, 0.4) is 0 Å². The zero-order chi connectivity index (χ0) is 19.2. The number of fused-ring (bicyclic) bond motifs is 1. The maximum Gasteiger partial charge on any atom is 0.255 e. The maximum atomic E-state index is 12.7. The minimum atomic E-state index is 0.0279. The molecule has 4 heteroatoms. The number of carbonyl (C=O) groups excluding carboxylic acids is 1. The number of allylic oxidation sites excluding steroid dienone is 1. The second kappa shape index (κ2) is 6.60. The van der Waals surface area contributed by atoms with Gasteiger partial charge >= 0.3 is 0 Å². The van der Waals surface area contributed by atoms with Gasteiger partial charge in [-0.2, -0.15) is 0 Å². The Balaban J connectivity index is 2.10. The molecule has 0 aliphatic carbocycles. The Morgan fingerprint density at radius 2 is 1.62 bits per heavy atom. The summed E-state index contributed by atoms with van der Waals surface area (Å²) in [4.78, 5) is 21.4. The third-order valence-corrected chi connectivity index (χ3v) is 5.41. The van der Waals surface area contributed by atoms with Crippen LogP contribution in [0.15, 0.2) is 35.5 Å². The van der Waals surface area contributed by atoms with E-state index >= 15 is 0 Å². The fraction of sp³-hybridized carbons (Fsp3) is 0.364. The van der Waals surface area contributed by atoms with Crippen molar-refractivity contribution in [1.82, 2.24) is 4.98 Å². The summed E-state index contributed by atoms with van der Waals surface area (Å²) < 4.78 is 0. The lowest BCUT2D eigenvalue weighted by atomic mass is 10.0. The number of aromatic nitrogens is 1. The molecular weight excluding hydrogens is 322 g/mol. The minimum absolute atomic E-state index is 0.0279. The number of amides is 1. The van der Waals surface area contributed by atoms with Gasteiger partial charge in [0.1, 0.15) is 0 Å². The van der Waals surface area contributed by atoms with Crippen molar-refractivity contribution >= 4 is 17.4 Å². The molecule has 1 aliphatic heterocycles. The van der Waals surface area contributed by atoms with Gasteiger partial charge < -0.3 is 9.80 Å². The molecule has 26 heavy (non-hydrogen) atoms. The van der Waals surface area contributed by atoms with Gasteiger partial charge in [-0.15, -0.1) is 0 Å². The summed E-state index contributed by atoms with van der Waals surface area (Å²) in [7, 11) is 3.81. The second-order valence-electron chi connectivity index (χ2n) is 7.34. The quantitative estimate of drug-likeness (QED) is 0.811. The van der Waals surface area contributed by atoms with Crippen molar-refractivity contribution in [2.45, 2.75) is 41.0 Å². The molecule has 1 aliphatic rings. The zero-order valence-corrected chi connectivity index (χ0v) is 16.8. The standard InChI is InChI=1S/C22H27N3O/c1-13-8-9-18(14(2)10-13)12-19-11-15(3)20-21(23-19)24(6)17(5)16(4)22(26)25(20)7/h8-11H,12H2,1-7H3. The van der Waals surface area contributed by atoms with Gasteiger partial charge in [-0.05, 0) is 57.4 Å². The number of benzene rings is 1. The maximum absolute atomic E-state index is 12.7. The van der Waals surface area contributed by atoms with E-state index in [1.54, 1.807) is 4.90 Å². The molecule has 1 aromatic carbocycles. The first kappa shape index (κ1) is 18.2. The van der Waals surface area contributed by atoms with Crippen LogP contribution < -0.4 is 9.80 Å². The lowest BCUT2D eigenvalue weighted by Crippen LogP contribution is -2.27. The number of aryl methyl sites for hydroxylation is 3. The third-order valence-electron chi connectivity index (χ3n) is 5.41. The van der Waals surface area contributed by atoms with E-state index in [1.165, 1.54) is 16.7 Å². The molecule has 0 fully saturated rings. The largest absolute Gasteiger partial charge is 0.331 e. The van der Waals surface area contributed by atoms with Crippen LogP contribution in [0, 0.1) is 20.8 Å². The summed E-state index contributed by atoms with van der Waals surface area (Å²) in [5, 5.41) is 0. The Labute approximate surface area is 156 Å². The Bertz CT molecular complexity index is 927. The van der Waals surface area contributed by atoms with Gasteiger partial charge in [0.15, 0.2) is 5.82 Å². The highest BCUT2D eigenvalue weighted by molar-refractivity contribution is 6.09. The average molecular weight is 349 g/mol. The van der Waals surface area contributed by atoms with E-state index in [-0.39, 0.29) is 5.91 Å². The van der Waals surface area contributed by atoms with Gasteiger partial charge in [-0.3, -0.25) is 4.79 Å². The Hall–Kier alpha value is -2.62. The first-order valence-electron chi connectivity index (χ1n) is 8.96. The average Bonchev–Trinajstić information content (AvgIpc) is 2.65. The number of hydrogen-bond acceptors (Lipinski definition) is 3. The van der Waals surface area contributed by atoms with Crippen LogP contribution in [-0.4, -0.2) is 25.0 Å². The highest BCUT2D eigenvalue weighted by Crippen LogP contribution is 2.36. The third kappa shape index (κ3) is 3.00. The molecule has 0 unspecified atom stereocenters. The molecule has 136 valence electrons. The first-order valence-corrected chi connectivity index (χ1v) is 8.96. The minimum Gasteiger partial charge on any atom is -0.331 e. The Kier molecular flexibility index (Phi) is 4.61. The fourth-order valence-corrected chi connectivity index (χ4v) is 3.61. The highest BCUT2D eigenvalue weighted by Gasteiger charge is 2.28. The number of anilines is 2. The topological polar surface area (TPSA) is 36.4 Å². The van der Waals surface area contributed by atoms with Crippen molar-refractivity contribution in [3.05, 3.63) is 63.5 Å². The van der Waals surface area contributed by atoms with E-state index in [0.29, 0.717) is 0 Å². The van der Waals surface area contributed by atoms with Crippen LogP contribution in [-0.2, 0) is 11.2 Å². The lowest BCUT2D eigenvalue weighted by Gasteiger charge is -2.24. The van der Waals surface area contributed by atoms with Gasteiger partial charge in [0, 0.05) is 37.5 Å². The zero-order valence-electron chi connectivity index (χ0n) is 16.8. The van der Waals surface area contributed by atoms with Crippen molar-refractivity contribution in [3.8, 4) is 0 Å². The van der Waals surface area contributed by atoms with Gasteiger partial charge in [0.25, 0.3) is 5.91 Å². The highest BCUT2D eigenvalue weighted by atomic mass is 16.2. The van der Waals surface area contributed by atoms with E-state index in [1.807, 2.05) is 32.8 Å². The molecule has 0 radical (unpaired) electrons. The number of nitrogens with zero attached hydrogens (tertiary/aromatic N) is 3. The van der Waals surface area contributed by atoms with Crippen molar-refractivity contribution in [2.24, 2.45) is 0 Å². The molecule has 0 spiro atoms. The van der Waals surface area contributed by atoms with Crippen LogP contribution in [0.5, 0.6) is 0 Å². The van der Waals surface area contributed by atoms with Crippen molar-refractivity contribution in [1.29, 1.82) is 0 Å². The monoisotopic (exact) mass is 349 g/mol. The fourth-order valence-electron chi connectivity index (χ4n) is 3.61. The molecule has 0 bridgehead atoms. The second-order valence-corrected chi connectivity index (χ2v) is 7.34. The molecular formula is C22H27N3O. The predicted molar refractivity (Wildman–Crippen MR) is 108 cm³/mol. The lowest BCUT2D eigenvalue weighted by molar-refractivity contribution is -0.114. The molecule has 0 saturated carbocycles. The number of hydrogen-bond donors (Lipinski definition) is 0. The smallest absolute Gasteiger partial charge is 0.255 e. The van der Waals surface area contributed by atoms with Gasteiger partial charge in [-0.25, -0.2) is 4.98 Å². The van der Waals surface area contributed by atoms with Gasteiger partial charge in [-0.1, -0.05) is 23.8 Å². The molecule has 1 aromatic heterocycles. The summed E-state index contributed by atoms with van der Waals surface area (Å²) in [6.45, 7) is 10.2. The van der Waals surface area contributed by atoms with E-state index in [4.69, 9.17) is 4.98 Å². The first-order chi connectivity index (χ1) is 12.2. The van der Waals surface area contributed by atoms with E-state index in [0.717, 1.165) is 40.5 Å². The number of pyridine rings is 1. The van der Waals surface area contributed by atoms with E-state index < -0.39 is 0 Å². The molecule has 0 N–H and O–H groups in total. The van der Waals surface area contributed by atoms with Crippen molar-refractivity contribution in [2.75, 3.05) is 23.9 Å². The molecule has 1 amide bonds. The molecule has 0 atom stereocenters. The Morgan fingerprint density at radius 3 is 2.27 bits per heavy atom. The Morgan fingerprint density at radius 1 is 0.923 bits per heavy atom. The van der Waals surface area contributed by atoms with Gasteiger partial charge in [0.05, 0.1) is 5.69 Å². The molecule has 2 heterocycles. The number of likely N-dealkylation sites (N-methyl/N-ethyl adjacent to an activating group) is 1. The molecule has 0 saturated heterocycles. The van der Waals surface area contributed by atoms with E-state index in [9.17, 15) is 4.79 Å². The summed E-state index contributed by atoms with van der Waals surface area (Å²) in [5.74, 6) is 0.870. The van der Waals surface area contributed by atoms with Crippen LogP contribution in [0.2, 0.25) is 0 Å². The normalized spacial score (nSPS) is 14.7. The number of carbonyl (C=O) groups is 1. The molecule has 3 rings (SSSR count). The van der Waals surface area contributed by atoms with Crippen LogP contribution in [0.25, 0.3) is 0 Å². The van der Waals surface area contributed by atoms with Crippen molar-refractivity contribution in [3.63, 3.8) is 0 Å². The van der Waals surface area contributed by atoms with Crippen molar-refractivity contribution < 1.29 is 4.79 Å². The van der Waals surface area contributed by atoms with Crippen LogP contribution in [0.1, 0.15) is 41.8 Å². The van der Waals surface area contributed by atoms with Crippen LogP contribution >= 0.6 is 0 Å². The molecule has 4 nitrogen and oxygen atoms in total. The van der Waals surface area contributed by atoms with Gasteiger partial charge in [0.2, 0.25) is 0 Å². The van der Waals surface area contributed by atoms with E-state index in [2.05, 4.69) is 45.0 Å². The van der Waals surface area contributed by atoms with Crippen LogP contribution in [0.4, 0.5) is 11.5 Å². The SMILES string of the molecule is CC1=C(C)N(C)c2nc(Cc3ccc(C)cc3C)cc(C)c2N(C)C1=O. The summed E-state index contributed by atoms with van der Waals surface area (Å²) in [6, 6.07) is 8.64. The summed E-state index contributed by atoms with van der Waals surface area (Å²) in [5.41, 5.74) is 8.51.